The molecule has 0 saturated heterocycles. The summed E-state index contributed by atoms with van der Waals surface area (Å²) in [6.45, 7) is 0.232. The van der Waals surface area contributed by atoms with Crippen LogP contribution in [0.1, 0.15) is 48.9 Å². The predicted molar refractivity (Wildman–Crippen MR) is 110 cm³/mol. The van der Waals surface area contributed by atoms with Crippen molar-refractivity contribution in [3.8, 4) is 11.4 Å². The number of aromatic nitrogens is 4. The van der Waals surface area contributed by atoms with Crippen LogP contribution in [0.3, 0.4) is 0 Å². The molecule has 1 fully saturated rings. The van der Waals surface area contributed by atoms with Crippen LogP contribution < -0.4 is 10.6 Å². The van der Waals surface area contributed by atoms with Crippen molar-refractivity contribution in [3.63, 3.8) is 0 Å². The van der Waals surface area contributed by atoms with Gasteiger partial charge in [-0.1, -0.05) is 36.4 Å². The van der Waals surface area contributed by atoms with Crippen molar-refractivity contribution >= 4 is 11.6 Å². The zero-order valence-corrected chi connectivity index (χ0v) is 16.2. The minimum Gasteiger partial charge on any atom is -0.376 e. The van der Waals surface area contributed by atoms with Gasteiger partial charge in [-0.2, -0.15) is 0 Å². The molecule has 7 nitrogen and oxygen atoms in total. The van der Waals surface area contributed by atoms with Gasteiger partial charge in [0.05, 0.1) is 18.6 Å². The maximum atomic E-state index is 12.5. The van der Waals surface area contributed by atoms with E-state index in [1.54, 1.807) is 0 Å². The Morgan fingerprint density at radius 3 is 2.90 bits per heavy atom. The molecule has 29 heavy (non-hydrogen) atoms. The second-order valence-corrected chi connectivity index (χ2v) is 7.82. The average Bonchev–Trinajstić information content (AvgIpc) is 3.49. The Kier molecular flexibility index (Phi) is 4.71. The monoisotopic (exact) mass is 388 g/mol. The Morgan fingerprint density at radius 1 is 1.10 bits per heavy atom. The van der Waals surface area contributed by atoms with E-state index in [1.165, 1.54) is 11.1 Å². The fraction of sp³-hybridized carbons (Fsp3) is 0.364. The number of benzene rings is 2. The summed E-state index contributed by atoms with van der Waals surface area (Å²) < 4.78 is 1.90. The number of amides is 1. The number of hydrogen-bond acceptors (Lipinski definition) is 5. The van der Waals surface area contributed by atoms with E-state index >= 15 is 0 Å². The molecule has 1 aromatic heterocycles. The van der Waals surface area contributed by atoms with E-state index in [4.69, 9.17) is 0 Å². The number of fused-ring (bicyclic) bond motifs is 1. The largest absolute Gasteiger partial charge is 0.376 e. The predicted octanol–water partition coefficient (Wildman–Crippen LogP) is 3.28. The highest BCUT2D eigenvalue weighted by atomic mass is 16.2. The van der Waals surface area contributed by atoms with E-state index in [1.807, 2.05) is 35.0 Å². The highest BCUT2D eigenvalue weighted by Crippen LogP contribution is 2.36. The molecule has 7 heteroatoms. The van der Waals surface area contributed by atoms with Gasteiger partial charge < -0.3 is 10.6 Å². The standard InChI is InChI=1S/C22H24N6O/c29-21(24-20-10-4-6-15-5-1-2-9-19(15)20)14-23-17-8-3-7-16(13-17)22-25-26-27-28(22)18-11-12-18/h1-3,5,7-9,13,18,20,23H,4,6,10-12,14H2,(H,24,29)/t20-/m0/s1. The molecule has 1 atom stereocenters. The van der Waals surface area contributed by atoms with Crippen LogP contribution in [0.15, 0.2) is 48.5 Å². The third-order valence-corrected chi connectivity index (χ3v) is 5.66. The molecule has 0 spiro atoms. The maximum absolute atomic E-state index is 12.5. The van der Waals surface area contributed by atoms with Crippen molar-refractivity contribution < 1.29 is 4.79 Å². The van der Waals surface area contributed by atoms with E-state index in [9.17, 15) is 4.79 Å². The fourth-order valence-corrected chi connectivity index (χ4v) is 4.05. The van der Waals surface area contributed by atoms with Gasteiger partial charge in [-0.3, -0.25) is 4.79 Å². The van der Waals surface area contributed by atoms with Gasteiger partial charge in [0.2, 0.25) is 5.91 Å². The van der Waals surface area contributed by atoms with E-state index in [0.29, 0.717) is 6.04 Å². The molecular weight excluding hydrogens is 364 g/mol. The Hall–Kier alpha value is -3.22. The topological polar surface area (TPSA) is 84.7 Å². The zero-order chi connectivity index (χ0) is 19.6. The lowest BCUT2D eigenvalue weighted by molar-refractivity contribution is -0.120. The summed E-state index contributed by atoms with van der Waals surface area (Å²) in [5.74, 6) is 0.777. The van der Waals surface area contributed by atoms with Crippen LogP contribution in [0.25, 0.3) is 11.4 Å². The van der Waals surface area contributed by atoms with Gasteiger partial charge in [-0.15, -0.1) is 5.10 Å². The Bertz CT molecular complexity index is 1030. The molecule has 0 bridgehead atoms. The molecule has 2 N–H and O–H groups in total. The van der Waals surface area contributed by atoms with Crippen molar-refractivity contribution in [2.75, 3.05) is 11.9 Å². The summed E-state index contributed by atoms with van der Waals surface area (Å²) in [5.41, 5.74) is 4.43. The lowest BCUT2D eigenvalue weighted by Gasteiger charge is -2.26. The van der Waals surface area contributed by atoms with Gasteiger partial charge in [-0.25, -0.2) is 4.68 Å². The van der Waals surface area contributed by atoms with Gasteiger partial charge in [-0.05, 0) is 65.8 Å². The van der Waals surface area contributed by atoms with Crippen LogP contribution in [0, 0.1) is 0 Å². The molecule has 0 unspecified atom stereocenters. The number of hydrogen-bond donors (Lipinski definition) is 2. The molecule has 2 aliphatic rings. The van der Waals surface area contributed by atoms with Crippen LogP contribution in [0.2, 0.25) is 0 Å². The number of nitrogens with one attached hydrogen (secondary N) is 2. The molecule has 0 aliphatic heterocycles. The molecule has 3 aromatic rings. The molecule has 1 saturated carbocycles. The number of nitrogens with zero attached hydrogens (tertiary/aromatic N) is 4. The van der Waals surface area contributed by atoms with Crippen LogP contribution in [0.4, 0.5) is 5.69 Å². The number of carbonyl (C=O) groups excluding carboxylic acids is 1. The smallest absolute Gasteiger partial charge is 0.239 e. The van der Waals surface area contributed by atoms with Crippen molar-refractivity contribution in [1.29, 1.82) is 0 Å². The first kappa shape index (κ1) is 17.8. The Labute approximate surface area is 169 Å². The minimum atomic E-state index is -0.0000741. The lowest BCUT2D eigenvalue weighted by atomic mass is 9.88. The number of rotatable bonds is 6. The van der Waals surface area contributed by atoms with Crippen molar-refractivity contribution in [3.05, 3.63) is 59.7 Å². The molecule has 1 amide bonds. The van der Waals surface area contributed by atoms with Gasteiger partial charge in [0.25, 0.3) is 0 Å². The second kappa shape index (κ2) is 7.66. The molecule has 2 aromatic carbocycles. The Morgan fingerprint density at radius 2 is 2.00 bits per heavy atom. The SMILES string of the molecule is O=C(CNc1cccc(-c2nnnn2C2CC2)c1)N[C@H]1CCCc2ccccc21. The van der Waals surface area contributed by atoms with Gasteiger partial charge in [0, 0.05) is 11.3 Å². The highest BCUT2D eigenvalue weighted by molar-refractivity contribution is 5.81. The summed E-state index contributed by atoms with van der Waals surface area (Å²) in [6.07, 6.45) is 5.43. The maximum Gasteiger partial charge on any atom is 0.239 e. The molecule has 148 valence electrons. The average molecular weight is 388 g/mol. The third kappa shape index (κ3) is 3.85. The first-order valence-corrected chi connectivity index (χ1v) is 10.3. The van der Waals surface area contributed by atoms with Crippen LogP contribution in [0.5, 0.6) is 0 Å². The minimum absolute atomic E-state index is 0.0000741. The third-order valence-electron chi connectivity index (χ3n) is 5.66. The zero-order valence-electron chi connectivity index (χ0n) is 16.2. The van der Waals surface area contributed by atoms with E-state index in [2.05, 4.69) is 44.4 Å². The van der Waals surface area contributed by atoms with Gasteiger partial charge in [0.1, 0.15) is 0 Å². The Balaban J connectivity index is 1.23. The summed E-state index contributed by atoms with van der Waals surface area (Å²) in [5, 5.41) is 18.5. The van der Waals surface area contributed by atoms with E-state index in [0.717, 1.165) is 49.2 Å². The van der Waals surface area contributed by atoms with Crippen LogP contribution >= 0.6 is 0 Å². The van der Waals surface area contributed by atoms with Crippen molar-refractivity contribution in [1.82, 2.24) is 25.5 Å². The molecule has 2 aliphatic carbocycles. The normalized spacial score (nSPS) is 18.1. The second-order valence-electron chi connectivity index (χ2n) is 7.82. The van der Waals surface area contributed by atoms with Crippen molar-refractivity contribution in [2.45, 2.75) is 44.2 Å². The quantitative estimate of drug-likeness (QED) is 0.677. The molecule has 5 rings (SSSR count). The summed E-state index contributed by atoms with van der Waals surface area (Å²) in [6, 6.07) is 16.8. The number of anilines is 1. The molecule has 1 heterocycles. The summed E-state index contributed by atoms with van der Waals surface area (Å²) in [7, 11) is 0. The summed E-state index contributed by atoms with van der Waals surface area (Å²) in [4.78, 5) is 12.5. The fourth-order valence-electron chi connectivity index (χ4n) is 4.05. The highest BCUT2D eigenvalue weighted by Gasteiger charge is 2.28. The van der Waals surface area contributed by atoms with E-state index < -0.39 is 0 Å². The first-order chi connectivity index (χ1) is 14.3. The van der Waals surface area contributed by atoms with Crippen LogP contribution in [-0.4, -0.2) is 32.7 Å². The summed E-state index contributed by atoms with van der Waals surface area (Å²) >= 11 is 0. The number of aryl methyl sites for hydroxylation is 1. The van der Waals surface area contributed by atoms with E-state index in [-0.39, 0.29) is 18.5 Å². The number of tetrazole rings is 1. The van der Waals surface area contributed by atoms with Crippen LogP contribution in [-0.2, 0) is 11.2 Å². The van der Waals surface area contributed by atoms with Gasteiger partial charge in [0.15, 0.2) is 5.82 Å². The molecular formula is C22H24N6O. The van der Waals surface area contributed by atoms with Gasteiger partial charge >= 0.3 is 0 Å². The number of carbonyl (C=O) groups is 1. The van der Waals surface area contributed by atoms with Crippen molar-refractivity contribution in [2.24, 2.45) is 0 Å². The molecule has 0 radical (unpaired) electrons. The lowest BCUT2D eigenvalue weighted by Crippen LogP contribution is -2.35. The first-order valence-electron chi connectivity index (χ1n) is 10.3.